The number of hydrogen-bond acceptors (Lipinski definition) is 4. The molecule has 0 aliphatic carbocycles. The zero-order chi connectivity index (χ0) is 21.8. The summed E-state index contributed by atoms with van der Waals surface area (Å²) in [5, 5.41) is 3.24. The molecule has 2 aromatic rings. The van der Waals surface area contributed by atoms with Gasteiger partial charge in [-0.15, -0.1) is 0 Å². The second kappa shape index (κ2) is 9.04. The van der Waals surface area contributed by atoms with E-state index >= 15 is 0 Å². The van der Waals surface area contributed by atoms with E-state index in [2.05, 4.69) is 15.2 Å². The molecule has 2 amide bonds. The van der Waals surface area contributed by atoms with E-state index in [0.29, 0.717) is 25.9 Å². The van der Waals surface area contributed by atoms with Crippen molar-refractivity contribution in [3.63, 3.8) is 0 Å². The summed E-state index contributed by atoms with van der Waals surface area (Å²) in [7, 11) is 0. The molecule has 1 aromatic carbocycles. The zero-order valence-corrected chi connectivity index (χ0v) is 17.9. The van der Waals surface area contributed by atoms with E-state index in [1.54, 1.807) is 23.2 Å². The number of carbonyl (C=O) groups is 2. The summed E-state index contributed by atoms with van der Waals surface area (Å²) in [6, 6.07) is 12.0. The van der Waals surface area contributed by atoms with E-state index < -0.39 is 11.2 Å². The third-order valence-corrected chi connectivity index (χ3v) is 6.54. The summed E-state index contributed by atoms with van der Waals surface area (Å²) in [4.78, 5) is 34.1. The Hall–Kier alpha value is -2.96. The largest absolute Gasteiger partial charge is 0.355 e. The summed E-state index contributed by atoms with van der Waals surface area (Å²) in [5.74, 6) is 0.165. The smallest absolute Gasteiger partial charge is 0.256 e. The molecule has 2 saturated heterocycles. The van der Waals surface area contributed by atoms with Crippen LogP contribution in [0.25, 0.3) is 0 Å². The maximum Gasteiger partial charge on any atom is 0.256 e. The lowest BCUT2D eigenvalue weighted by Gasteiger charge is -2.40. The Labute approximate surface area is 182 Å². The van der Waals surface area contributed by atoms with Crippen LogP contribution in [0.15, 0.2) is 48.7 Å². The molecule has 0 bridgehead atoms. The Morgan fingerprint density at radius 2 is 1.84 bits per heavy atom. The quantitative estimate of drug-likeness (QED) is 0.818. The zero-order valence-electron chi connectivity index (χ0n) is 17.9. The van der Waals surface area contributed by atoms with Gasteiger partial charge in [0.2, 0.25) is 5.91 Å². The molecule has 7 heteroatoms. The molecule has 31 heavy (non-hydrogen) atoms. The van der Waals surface area contributed by atoms with Gasteiger partial charge in [0.25, 0.3) is 5.91 Å². The van der Waals surface area contributed by atoms with Crippen molar-refractivity contribution in [1.29, 1.82) is 0 Å². The molecule has 2 aliphatic heterocycles. The van der Waals surface area contributed by atoms with Gasteiger partial charge < -0.3 is 15.1 Å². The lowest BCUT2D eigenvalue weighted by atomic mass is 9.79. The van der Waals surface area contributed by atoms with Crippen LogP contribution in [-0.4, -0.2) is 53.9 Å². The topological polar surface area (TPSA) is 65.5 Å². The second-order valence-electron chi connectivity index (χ2n) is 8.78. The van der Waals surface area contributed by atoms with Crippen molar-refractivity contribution in [1.82, 2.24) is 15.2 Å². The molecular formula is C24H29FN4O2. The monoisotopic (exact) mass is 424 g/mol. The Balaban J connectivity index is 1.33. The fourth-order valence-corrected chi connectivity index (χ4v) is 4.44. The Morgan fingerprint density at radius 1 is 1.10 bits per heavy atom. The van der Waals surface area contributed by atoms with Crippen molar-refractivity contribution in [2.45, 2.75) is 38.6 Å². The molecule has 4 rings (SSSR count). The Kier molecular flexibility index (Phi) is 6.20. The van der Waals surface area contributed by atoms with Gasteiger partial charge >= 0.3 is 0 Å². The van der Waals surface area contributed by atoms with Crippen LogP contribution < -0.4 is 10.2 Å². The number of hydrogen-bond donors (Lipinski definition) is 1. The average Bonchev–Trinajstić information content (AvgIpc) is 2.80. The van der Waals surface area contributed by atoms with Gasteiger partial charge in [-0.25, -0.2) is 9.37 Å². The molecular weight excluding hydrogens is 395 g/mol. The Morgan fingerprint density at radius 3 is 2.55 bits per heavy atom. The van der Waals surface area contributed by atoms with Crippen LogP contribution in [-0.2, 0) is 4.79 Å². The highest BCUT2D eigenvalue weighted by molar-refractivity contribution is 5.94. The van der Waals surface area contributed by atoms with Crippen LogP contribution >= 0.6 is 0 Å². The molecule has 0 radical (unpaired) electrons. The molecule has 0 saturated carbocycles. The number of likely N-dealkylation sites (tertiary alicyclic amines) is 1. The maximum atomic E-state index is 14.0. The van der Waals surface area contributed by atoms with Gasteiger partial charge in [-0.2, -0.15) is 0 Å². The Bertz CT molecular complexity index is 928. The third-order valence-electron chi connectivity index (χ3n) is 6.54. The van der Waals surface area contributed by atoms with Crippen LogP contribution in [0, 0.1) is 11.2 Å². The van der Waals surface area contributed by atoms with Crippen LogP contribution in [0.2, 0.25) is 0 Å². The SMILES string of the molecule is CC1(C(=O)N[C@H]2CCCN(c3ccccn3)C2)CCN(C(=O)c2ccccc2F)CC1. The van der Waals surface area contributed by atoms with E-state index in [-0.39, 0.29) is 23.4 Å². The lowest BCUT2D eigenvalue weighted by molar-refractivity contribution is -0.133. The minimum absolute atomic E-state index is 0.0401. The number of benzene rings is 1. The number of pyridine rings is 1. The number of anilines is 1. The molecule has 3 heterocycles. The number of aromatic nitrogens is 1. The van der Waals surface area contributed by atoms with Crippen molar-refractivity contribution in [3.05, 3.63) is 60.0 Å². The highest BCUT2D eigenvalue weighted by atomic mass is 19.1. The predicted octanol–water partition coefficient (Wildman–Crippen LogP) is 3.25. The number of rotatable bonds is 4. The number of amides is 2. The summed E-state index contributed by atoms with van der Waals surface area (Å²) >= 11 is 0. The molecule has 0 unspecified atom stereocenters. The highest BCUT2D eigenvalue weighted by Gasteiger charge is 2.39. The predicted molar refractivity (Wildman–Crippen MR) is 117 cm³/mol. The number of carbonyl (C=O) groups excluding carboxylic acids is 2. The molecule has 0 spiro atoms. The standard InChI is InChI=1S/C24H29FN4O2/c1-24(11-15-28(16-12-24)22(30)19-8-2-3-9-20(19)25)23(31)27-18-7-6-14-29(17-18)21-10-4-5-13-26-21/h2-5,8-10,13,18H,6-7,11-12,14-17H2,1H3,(H,27,31)/t18-/m0/s1. The summed E-state index contributed by atoms with van der Waals surface area (Å²) < 4.78 is 14.0. The number of nitrogens with one attached hydrogen (secondary N) is 1. The van der Waals surface area contributed by atoms with Gasteiger partial charge in [-0.3, -0.25) is 9.59 Å². The van der Waals surface area contributed by atoms with Crippen LogP contribution in [0.5, 0.6) is 0 Å². The number of nitrogens with zero attached hydrogens (tertiary/aromatic N) is 3. The first-order valence-electron chi connectivity index (χ1n) is 11.0. The normalized spacial score (nSPS) is 20.9. The van der Waals surface area contributed by atoms with E-state index in [1.807, 2.05) is 25.1 Å². The summed E-state index contributed by atoms with van der Waals surface area (Å²) in [6.07, 6.45) is 4.87. The van der Waals surface area contributed by atoms with Crippen molar-refractivity contribution in [3.8, 4) is 0 Å². The minimum atomic E-state index is -0.528. The summed E-state index contributed by atoms with van der Waals surface area (Å²) in [5.41, 5.74) is -0.438. The fourth-order valence-electron chi connectivity index (χ4n) is 4.44. The second-order valence-corrected chi connectivity index (χ2v) is 8.78. The van der Waals surface area contributed by atoms with E-state index in [0.717, 1.165) is 31.7 Å². The minimum Gasteiger partial charge on any atom is -0.355 e. The fraction of sp³-hybridized carbons (Fsp3) is 0.458. The molecule has 2 fully saturated rings. The number of halogens is 1. The first kappa shape index (κ1) is 21.3. The van der Waals surface area contributed by atoms with Crippen LogP contribution in [0.4, 0.5) is 10.2 Å². The van der Waals surface area contributed by atoms with E-state index in [4.69, 9.17) is 0 Å². The molecule has 1 atom stereocenters. The van der Waals surface area contributed by atoms with Gasteiger partial charge in [-0.1, -0.05) is 25.1 Å². The maximum absolute atomic E-state index is 14.0. The molecule has 1 aromatic heterocycles. The summed E-state index contributed by atoms with van der Waals surface area (Å²) in [6.45, 7) is 4.54. The van der Waals surface area contributed by atoms with Crippen molar-refractivity contribution in [2.75, 3.05) is 31.1 Å². The van der Waals surface area contributed by atoms with Crippen LogP contribution in [0.3, 0.4) is 0 Å². The highest BCUT2D eigenvalue weighted by Crippen LogP contribution is 2.32. The molecule has 6 nitrogen and oxygen atoms in total. The van der Waals surface area contributed by atoms with Gasteiger partial charge in [0.15, 0.2) is 0 Å². The van der Waals surface area contributed by atoms with Gasteiger partial charge in [0, 0.05) is 43.8 Å². The number of piperidine rings is 2. The van der Waals surface area contributed by atoms with Gasteiger partial charge in [-0.05, 0) is 49.9 Å². The first-order valence-corrected chi connectivity index (χ1v) is 11.0. The molecule has 164 valence electrons. The van der Waals surface area contributed by atoms with Crippen molar-refractivity contribution >= 4 is 17.6 Å². The van der Waals surface area contributed by atoms with Gasteiger partial charge in [0.05, 0.1) is 5.56 Å². The van der Waals surface area contributed by atoms with Crippen molar-refractivity contribution < 1.29 is 14.0 Å². The molecule has 1 N–H and O–H groups in total. The van der Waals surface area contributed by atoms with E-state index in [1.165, 1.54) is 12.1 Å². The lowest BCUT2D eigenvalue weighted by Crippen LogP contribution is -2.54. The first-order chi connectivity index (χ1) is 15.0. The molecule has 2 aliphatic rings. The van der Waals surface area contributed by atoms with Gasteiger partial charge in [0.1, 0.15) is 11.6 Å². The average molecular weight is 425 g/mol. The van der Waals surface area contributed by atoms with Crippen molar-refractivity contribution in [2.24, 2.45) is 5.41 Å². The van der Waals surface area contributed by atoms with Crippen LogP contribution in [0.1, 0.15) is 43.0 Å². The van der Waals surface area contributed by atoms with E-state index in [9.17, 15) is 14.0 Å². The third kappa shape index (κ3) is 4.70.